The molecule has 0 aromatic heterocycles. The number of hydrogen-bond acceptors (Lipinski definition) is 11. The number of rotatable bonds is 9. The van der Waals surface area contributed by atoms with Gasteiger partial charge >= 0.3 is 23.9 Å². The molecule has 2 aromatic rings. The van der Waals surface area contributed by atoms with Crippen LogP contribution in [0.3, 0.4) is 0 Å². The first kappa shape index (κ1) is 27.5. The molecule has 37 heavy (non-hydrogen) atoms. The molecule has 1 saturated heterocycles. The number of ether oxygens (including phenoxy) is 7. The van der Waals surface area contributed by atoms with Gasteiger partial charge in [-0.05, 0) is 24.3 Å². The quantitative estimate of drug-likeness (QED) is 0.360. The van der Waals surface area contributed by atoms with Gasteiger partial charge in [0.1, 0.15) is 30.0 Å². The largest absolute Gasteiger partial charge is 0.463 e. The Morgan fingerprint density at radius 3 is 1.86 bits per heavy atom. The monoisotopic (exact) mass is 516 g/mol. The molecule has 198 valence electrons. The van der Waals surface area contributed by atoms with Crippen LogP contribution in [0.2, 0.25) is 0 Å². The van der Waals surface area contributed by atoms with Gasteiger partial charge in [0.05, 0.1) is 0 Å². The first-order valence-electron chi connectivity index (χ1n) is 11.4. The molecule has 11 heteroatoms. The SMILES string of the molecule is CC(=O)OC[C@H]1O[C@@H](Oc2cccc(Oc3ccccc3)c2)[C@H](OC(C)=O)[C@@H](OC(C)=O)[C@@H]1OC(C)=O. The minimum absolute atomic E-state index is 0.273. The van der Waals surface area contributed by atoms with Crippen molar-refractivity contribution in [3.8, 4) is 17.2 Å². The predicted molar refractivity (Wildman–Crippen MR) is 126 cm³/mol. The molecule has 0 amide bonds. The highest BCUT2D eigenvalue weighted by atomic mass is 16.7. The van der Waals surface area contributed by atoms with Crippen LogP contribution < -0.4 is 9.47 Å². The molecule has 1 aliphatic heterocycles. The summed E-state index contributed by atoms with van der Waals surface area (Å²) in [6, 6.07) is 15.7. The number of carbonyl (C=O) groups is 4. The number of carbonyl (C=O) groups excluding carboxylic acids is 4. The average Bonchev–Trinajstić information content (AvgIpc) is 2.81. The molecule has 5 atom stereocenters. The fraction of sp³-hybridized carbons (Fsp3) is 0.385. The lowest BCUT2D eigenvalue weighted by Gasteiger charge is -2.43. The van der Waals surface area contributed by atoms with Gasteiger partial charge in [-0.1, -0.05) is 24.3 Å². The van der Waals surface area contributed by atoms with Crippen molar-refractivity contribution in [2.45, 2.75) is 58.4 Å². The zero-order chi connectivity index (χ0) is 26.9. The fourth-order valence-corrected chi connectivity index (χ4v) is 3.65. The van der Waals surface area contributed by atoms with E-state index in [1.165, 1.54) is 6.92 Å². The lowest BCUT2D eigenvalue weighted by molar-refractivity contribution is -0.288. The predicted octanol–water partition coefficient (Wildman–Crippen LogP) is 2.94. The highest BCUT2D eigenvalue weighted by molar-refractivity contribution is 5.68. The summed E-state index contributed by atoms with van der Waals surface area (Å²) < 4.78 is 39.0. The Morgan fingerprint density at radius 2 is 1.24 bits per heavy atom. The van der Waals surface area contributed by atoms with E-state index in [1.54, 1.807) is 36.4 Å². The van der Waals surface area contributed by atoms with Crippen LogP contribution in [0.1, 0.15) is 27.7 Å². The first-order valence-corrected chi connectivity index (χ1v) is 11.4. The van der Waals surface area contributed by atoms with Crippen LogP contribution in [-0.4, -0.2) is 61.2 Å². The summed E-state index contributed by atoms with van der Waals surface area (Å²) in [6.45, 7) is 4.29. The Morgan fingerprint density at radius 1 is 0.676 bits per heavy atom. The molecule has 0 radical (unpaired) electrons. The van der Waals surface area contributed by atoms with Gasteiger partial charge in [-0.15, -0.1) is 0 Å². The lowest BCUT2D eigenvalue weighted by Crippen LogP contribution is -2.63. The topological polar surface area (TPSA) is 133 Å². The van der Waals surface area contributed by atoms with E-state index in [0.717, 1.165) is 20.8 Å². The van der Waals surface area contributed by atoms with Crippen LogP contribution in [0, 0.1) is 0 Å². The summed E-state index contributed by atoms with van der Waals surface area (Å²) in [7, 11) is 0. The van der Waals surface area contributed by atoms with Crippen LogP contribution in [0.4, 0.5) is 0 Å². The third-order valence-electron chi connectivity index (χ3n) is 4.98. The van der Waals surface area contributed by atoms with Gasteiger partial charge in [0, 0.05) is 33.8 Å². The fourth-order valence-electron chi connectivity index (χ4n) is 3.65. The molecule has 0 spiro atoms. The van der Waals surface area contributed by atoms with Crippen molar-refractivity contribution in [3.63, 3.8) is 0 Å². The van der Waals surface area contributed by atoms with Crippen LogP contribution in [0.25, 0.3) is 0 Å². The van der Waals surface area contributed by atoms with E-state index in [2.05, 4.69) is 0 Å². The van der Waals surface area contributed by atoms with Crippen molar-refractivity contribution < 1.29 is 52.3 Å². The molecule has 1 aliphatic rings. The molecular weight excluding hydrogens is 488 g/mol. The van der Waals surface area contributed by atoms with Crippen molar-refractivity contribution in [1.29, 1.82) is 0 Å². The van der Waals surface area contributed by atoms with Crippen LogP contribution in [0.15, 0.2) is 54.6 Å². The Bertz CT molecular complexity index is 1100. The summed E-state index contributed by atoms with van der Waals surface area (Å²) in [5.41, 5.74) is 0. The van der Waals surface area contributed by atoms with E-state index in [-0.39, 0.29) is 12.4 Å². The number of para-hydroxylation sites is 1. The third-order valence-corrected chi connectivity index (χ3v) is 4.98. The maximum atomic E-state index is 12.0. The van der Waals surface area contributed by atoms with Crippen molar-refractivity contribution in [2.75, 3.05) is 6.61 Å². The number of hydrogen-bond donors (Lipinski definition) is 0. The van der Waals surface area contributed by atoms with E-state index in [4.69, 9.17) is 33.2 Å². The summed E-state index contributed by atoms with van der Waals surface area (Å²) in [4.78, 5) is 47.2. The third kappa shape index (κ3) is 8.21. The maximum absolute atomic E-state index is 12.0. The van der Waals surface area contributed by atoms with Crippen molar-refractivity contribution in [3.05, 3.63) is 54.6 Å². The van der Waals surface area contributed by atoms with Gasteiger partial charge < -0.3 is 33.2 Å². The van der Waals surface area contributed by atoms with Gasteiger partial charge in [0.25, 0.3) is 0 Å². The van der Waals surface area contributed by atoms with E-state index < -0.39 is 54.6 Å². The van der Waals surface area contributed by atoms with E-state index >= 15 is 0 Å². The summed E-state index contributed by atoms with van der Waals surface area (Å²) in [6.07, 6.45) is -6.38. The number of benzene rings is 2. The zero-order valence-corrected chi connectivity index (χ0v) is 20.8. The van der Waals surface area contributed by atoms with Crippen molar-refractivity contribution in [2.24, 2.45) is 0 Å². The second-order valence-corrected chi connectivity index (χ2v) is 8.08. The molecule has 1 heterocycles. The van der Waals surface area contributed by atoms with E-state index in [9.17, 15) is 19.2 Å². The molecule has 0 saturated carbocycles. The first-order chi connectivity index (χ1) is 17.6. The van der Waals surface area contributed by atoms with Crippen molar-refractivity contribution in [1.82, 2.24) is 0 Å². The molecule has 0 unspecified atom stereocenters. The van der Waals surface area contributed by atoms with Gasteiger partial charge in [0.15, 0.2) is 12.2 Å². The molecule has 3 rings (SSSR count). The maximum Gasteiger partial charge on any atom is 0.303 e. The van der Waals surface area contributed by atoms with Crippen LogP contribution >= 0.6 is 0 Å². The molecule has 0 aliphatic carbocycles. The molecule has 2 aromatic carbocycles. The molecule has 11 nitrogen and oxygen atoms in total. The van der Waals surface area contributed by atoms with E-state index in [1.807, 2.05) is 18.2 Å². The van der Waals surface area contributed by atoms with Gasteiger partial charge in [-0.2, -0.15) is 0 Å². The Labute approximate surface area is 213 Å². The molecule has 0 bridgehead atoms. The van der Waals surface area contributed by atoms with Gasteiger partial charge in [0.2, 0.25) is 12.4 Å². The van der Waals surface area contributed by atoms with Gasteiger partial charge in [-0.25, -0.2) is 0 Å². The molecular formula is C26H28O11. The second-order valence-electron chi connectivity index (χ2n) is 8.08. The Hall–Kier alpha value is -4.12. The van der Waals surface area contributed by atoms with Crippen molar-refractivity contribution >= 4 is 23.9 Å². The highest BCUT2D eigenvalue weighted by Crippen LogP contribution is 2.32. The zero-order valence-electron chi connectivity index (χ0n) is 20.8. The summed E-state index contributed by atoms with van der Waals surface area (Å²) in [5.74, 6) is -1.45. The Balaban J connectivity index is 1.93. The normalized spacial score (nSPS) is 22.8. The number of esters is 4. The smallest absolute Gasteiger partial charge is 0.303 e. The standard InChI is InChI=1S/C26H28O11/c1-15(27)31-14-22-23(32-16(2)28)24(33-17(3)29)25(34-18(4)30)26(37-22)36-21-12-8-11-20(13-21)35-19-9-6-5-7-10-19/h5-13,22-26H,14H2,1-4H3/t22-,23-,24+,25-,26-/m1/s1. The van der Waals surface area contributed by atoms with Crippen LogP contribution in [0.5, 0.6) is 17.2 Å². The lowest BCUT2D eigenvalue weighted by atomic mass is 9.98. The van der Waals surface area contributed by atoms with E-state index in [0.29, 0.717) is 11.5 Å². The minimum atomic E-state index is -1.34. The highest BCUT2D eigenvalue weighted by Gasteiger charge is 2.53. The average molecular weight is 516 g/mol. The second kappa shape index (κ2) is 12.7. The molecule has 1 fully saturated rings. The summed E-state index contributed by atoms with van der Waals surface area (Å²) >= 11 is 0. The summed E-state index contributed by atoms with van der Waals surface area (Å²) in [5, 5.41) is 0. The van der Waals surface area contributed by atoms with Crippen LogP contribution in [-0.2, 0) is 42.9 Å². The Kier molecular flexibility index (Phi) is 9.45. The minimum Gasteiger partial charge on any atom is -0.463 e. The van der Waals surface area contributed by atoms with Gasteiger partial charge in [-0.3, -0.25) is 19.2 Å². The molecule has 0 N–H and O–H groups in total.